The van der Waals surface area contributed by atoms with Gasteiger partial charge in [-0.2, -0.15) is 0 Å². The average molecular weight is 726 g/mol. The van der Waals surface area contributed by atoms with Crippen LogP contribution in [-0.2, 0) is 5.41 Å². The van der Waals surface area contributed by atoms with Crippen LogP contribution in [0.15, 0.2) is 217 Å². The Bertz CT molecular complexity index is 3130. The van der Waals surface area contributed by atoms with Gasteiger partial charge in [-0.05, 0) is 104 Å². The topological polar surface area (TPSA) is 16.4 Å². The van der Waals surface area contributed by atoms with Crippen LogP contribution in [0.4, 0.5) is 17.1 Å². The molecule has 1 aromatic heterocycles. The van der Waals surface area contributed by atoms with Crippen LogP contribution in [0.2, 0.25) is 0 Å². The van der Waals surface area contributed by atoms with E-state index in [0.717, 1.165) is 61.3 Å². The van der Waals surface area contributed by atoms with Gasteiger partial charge in [-0.1, -0.05) is 170 Å². The summed E-state index contributed by atoms with van der Waals surface area (Å²) in [4.78, 5) is 2.46. The quantitative estimate of drug-likeness (QED) is 0.176. The van der Waals surface area contributed by atoms with Crippen molar-refractivity contribution in [2.24, 2.45) is 0 Å². The minimum atomic E-state index is -0.445. The molecule has 2 nitrogen and oxygen atoms in total. The first-order chi connectivity index (χ1) is 28.3. The molecule has 57 heavy (non-hydrogen) atoms. The zero-order valence-electron chi connectivity index (χ0n) is 31.1. The van der Waals surface area contributed by atoms with E-state index < -0.39 is 5.41 Å². The van der Waals surface area contributed by atoms with Crippen LogP contribution in [0.25, 0.3) is 66.4 Å². The normalized spacial score (nSPS) is 13.1. The predicted octanol–water partition coefficient (Wildman–Crippen LogP) is 14.7. The molecule has 0 unspecified atom stereocenters. The predicted molar refractivity (Wildman–Crippen MR) is 236 cm³/mol. The van der Waals surface area contributed by atoms with E-state index in [1.807, 2.05) is 6.07 Å². The standard InChI is InChI=1S/C55H35NO/c1-3-17-36(18-4-1)53-43(44-26-16-32-52-54(44)45-24-10-14-31-51(45)57-52)25-15-30-50(53)56(37-19-5-2-6-20-37)38-33-34-42-41-23-9-13-29-48(41)55(49(42)35-38)46-27-11-7-21-39(46)40-22-8-12-28-47(40)55/h1-35H. The lowest BCUT2D eigenvalue weighted by molar-refractivity contribution is 0.669. The van der Waals surface area contributed by atoms with E-state index in [1.54, 1.807) is 0 Å². The van der Waals surface area contributed by atoms with Crippen molar-refractivity contribution < 1.29 is 4.42 Å². The molecule has 0 saturated carbocycles. The number of anilines is 3. The second-order valence-electron chi connectivity index (χ2n) is 15.1. The van der Waals surface area contributed by atoms with Gasteiger partial charge in [0.1, 0.15) is 11.2 Å². The monoisotopic (exact) mass is 725 g/mol. The van der Waals surface area contributed by atoms with E-state index in [9.17, 15) is 0 Å². The third-order valence-electron chi connectivity index (χ3n) is 12.3. The van der Waals surface area contributed by atoms with Gasteiger partial charge in [-0.15, -0.1) is 0 Å². The molecule has 0 bridgehead atoms. The number of hydrogen-bond donors (Lipinski definition) is 0. The molecular formula is C55H35NO. The molecule has 0 amide bonds. The van der Waals surface area contributed by atoms with Crippen LogP contribution in [0.5, 0.6) is 0 Å². The summed E-state index contributed by atoms with van der Waals surface area (Å²) in [5.74, 6) is 0. The lowest BCUT2D eigenvalue weighted by Gasteiger charge is -2.33. The number of rotatable bonds is 5. The van der Waals surface area contributed by atoms with Crippen LogP contribution in [0.3, 0.4) is 0 Å². The first-order valence-electron chi connectivity index (χ1n) is 19.7. The highest BCUT2D eigenvalue weighted by Crippen LogP contribution is 2.63. The van der Waals surface area contributed by atoms with Crippen molar-refractivity contribution in [1.82, 2.24) is 0 Å². The van der Waals surface area contributed by atoms with Gasteiger partial charge in [0, 0.05) is 27.7 Å². The molecule has 2 aliphatic carbocycles. The maximum atomic E-state index is 6.43. The summed E-state index contributed by atoms with van der Waals surface area (Å²) >= 11 is 0. The number of para-hydroxylation sites is 2. The zero-order valence-corrected chi connectivity index (χ0v) is 31.1. The van der Waals surface area contributed by atoms with Crippen molar-refractivity contribution >= 4 is 39.0 Å². The third kappa shape index (κ3) is 4.47. The minimum Gasteiger partial charge on any atom is -0.456 e. The van der Waals surface area contributed by atoms with E-state index in [2.05, 4.69) is 211 Å². The number of benzene rings is 9. The van der Waals surface area contributed by atoms with E-state index in [1.165, 1.54) is 44.5 Å². The second-order valence-corrected chi connectivity index (χ2v) is 15.1. The molecule has 266 valence electrons. The highest BCUT2D eigenvalue weighted by molar-refractivity contribution is 6.14. The fourth-order valence-electron chi connectivity index (χ4n) is 10.1. The Morgan fingerprint density at radius 1 is 0.351 bits per heavy atom. The highest BCUT2D eigenvalue weighted by atomic mass is 16.3. The third-order valence-corrected chi connectivity index (χ3v) is 12.3. The smallest absolute Gasteiger partial charge is 0.136 e. The summed E-state index contributed by atoms with van der Waals surface area (Å²) in [6.07, 6.45) is 0. The van der Waals surface area contributed by atoms with Crippen LogP contribution in [-0.4, -0.2) is 0 Å². The first-order valence-corrected chi connectivity index (χ1v) is 19.7. The van der Waals surface area contributed by atoms with Crippen LogP contribution >= 0.6 is 0 Å². The molecule has 1 spiro atoms. The van der Waals surface area contributed by atoms with Gasteiger partial charge in [0.2, 0.25) is 0 Å². The number of furan rings is 1. The lowest BCUT2D eigenvalue weighted by Crippen LogP contribution is -2.26. The molecule has 2 aliphatic rings. The van der Waals surface area contributed by atoms with Crippen molar-refractivity contribution in [3.63, 3.8) is 0 Å². The summed E-state index contributed by atoms with van der Waals surface area (Å²) < 4.78 is 6.43. The van der Waals surface area contributed by atoms with Gasteiger partial charge >= 0.3 is 0 Å². The molecular weight excluding hydrogens is 691 g/mol. The summed E-state index contributed by atoms with van der Waals surface area (Å²) in [6.45, 7) is 0. The van der Waals surface area contributed by atoms with Gasteiger partial charge < -0.3 is 9.32 Å². The number of hydrogen-bond acceptors (Lipinski definition) is 2. The summed E-state index contributed by atoms with van der Waals surface area (Å²) in [5.41, 5.74) is 19.8. The Balaban J connectivity index is 1.16. The molecule has 10 aromatic rings. The summed E-state index contributed by atoms with van der Waals surface area (Å²) in [6, 6.07) is 77.5. The number of fused-ring (bicyclic) bond motifs is 13. The Hall–Kier alpha value is -7.42. The van der Waals surface area contributed by atoms with Gasteiger partial charge in [0.25, 0.3) is 0 Å². The molecule has 0 radical (unpaired) electrons. The average Bonchev–Trinajstić information content (AvgIpc) is 3.91. The molecule has 0 aliphatic heterocycles. The molecule has 0 atom stereocenters. The Morgan fingerprint density at radius 2 is 0.877 bits per heavy atom. The second kappa shape index (κ2) is 12.3. The molecule has 0 fully saturated rings. The van der Waals surface area contributed by atoms with Gasteiger partial charge in [0.15, 0.2) is 0 Å². The molecule has 0 saturated heterocycles. The van der Waals surface area contributed by atoms with Crippen molar-refractivity contribution in [3.8, 4) is 44.5 Å². The Labute approximate surface area is 331 Å². The van der Waals surface area contributed by atoms with Crippen LogP contribution < -0.4 is 4.90 Å². The maximum Gasteiger partial charge on any atom is 0.136 e. The van der Waals surface area contributed by atoms with E-state index >= 15 is 0 Å². The van der Waals surface area contributed by atoms with Gasteiger partial charge in [-0.25, -0.2) is 0 Å². The van der Waals surface area contributed by atoms with E-state index in [0.29, 0.717) is 0 Å². The largest absolute Gasteiger partial charge is 0.456 e. The minimum absolute atomic E-state index is 0.445. The Morgan fingerprint density at radius 3 is 1.58 bits per heavy atom. The fraction of sp³-hybridized carbons (Fsp3) is 0.0182. The van der Waals surface area contributed by atoms with Crippen molar-refractivity contribution in [1.29, 1.82) is 0 Å². The van der Waals surface area contributed by atoms with Crippen LogP contribution in [0, 0.1) is 0 Å². The molecule has 12 rings (SSSR count). The summed E-state index contributed by atoms with van der Waals surface area (Å²) in [5, 5.41) is 2.25. The summed E-state index contributed by atoms with van der Waals surface area (Å²) in [7, 11) is 0. The Kier molecular flexibility index (Phi) is 6.88. The van der Waals surface area contributed by atoms with Crippen LogP contribution in [0.1, 0.15) is 22.3 Å². The molecule has 1 heterocycles. The van der Waals surface area contributed by atoms with Gasteiger partial charge in [-0.3, -0.25) is 0 Å². The lowest BCUT2D eigenvalue weighted by atomic mass is 9.70. The highest BCUT2D eigenvalue weighted by Gasteiger charge is 2.51. The first kappa shape index (κ1) is 31.9. The number of nitrogens with zero attached hydrogens (tertiary/aromatic N) is 1. The molecule has 0 N–H and O–H groups in total. The van der Waals surface area contributed by atoms with E-state index in [4.69, 9.17) is 4.42 Å². The SMILES string of the molecule is c1ccc(-c2c(-c3cccc4oc5ccccc5c34)cccc2N(c2ccccc2)c2ccc3c(c2)C2(c4ccccc4-c4ccccc42)c2ccccc2-3)cc1. The maximum absolute atomic E-state index is 6.43. The molecule has 9 aromatic carbocycles. The molecule has 2 heteroatoms. The fourth-order valence-corrected chi connectivity index (χ4v) is 10.1. The van der Waals surface area contributed by atoms with Crippen molar-refractivity contribution in [3.05, 3.63) is 235 Å². The van der Waals surface area contributed by atoms with Crippen molar-refractivity contribution in [2.45, 2.75) is 5.41 Å². The zero-order chi connectivity index (χ0) is 37.5. The van der Waals surface area contributed by atoms with E-state index in [-0.39, 0.29) is 0 Å². The van der Waals surface area contributed by atoms with Gasteiger partial charge in [0.05, 0.1) is 11.1 Å². The van der Waals surface area contributed by atoms with Crippen molar-refractivity contribution in [2.75, 3.05) is 4.90 Å².